The molecular weight excluding hydrogens is 326 g/mol. The number of alkyl halides is 1. The van der Waals surface area contributed by atoms with Gasteiger partial charge in [-0.3, -0.25) is 4.90 Å². The van der Waals surface area contributed by atoms with Crippen LogP contribution >= 0.6 is 31.9 Å². The molecule has 0 aliphatic carbocycles. The van der Waals surface area contributed by atoms with E-state index in [1.54, 1.807) is 4.90 Å². The first-order valence-corrected chi connectivity index (χ1v) is 6.42. The Morgan fingerprint density at radius 3 is 2.60 bits per heavy atom. The number of ether oxygens (including phenoxy) is 1. The van der Waals surface area contributed by atoms with Gasteiger partial charge in [0.25, 0.3) is 0 Å². The second-order valence-electron chi connectivity index (χ2n) is 3.25. The van der Waals surface area contributed by atoms with Crippen LogP contribution in [0.15, 0.2) is 28.7 Å². The van der Waals surface area contributed by atoms with E-state index in [0.29, 0.717) is 11.9 Å². The van der Waals surface area contributed by atoms with Crippen LogP contribution < -0.4 is 4.90 Å². The molecule has 0 radical (unpaired) electrons. The molecule has 0 saturated carbocycles. The molecule has 3 nitrogen and oxygen atoms in total. The van der Waals surface area contributed by atoms with Crippen LogP contribution in [0.5, 0.6) is 0 Å². The first-order valence-electron chi connectivity index (χ1n) is 4.50. The van der Waals surface area contributed by atoms with Crippen molar-refractivity contribution in [3.05, 3.63) is 28.7 Å². The highest BCUT2D eigenvalue weighted by atomic mass is 79.9. The Kier molecular flexibility index (Phi) is 3.31. The van der Waals surface area contributed by atoms with Crippen molar-refractivity contribution in [2.24, 2.45) is 0 Å². The molecule has 1 saturated heterocycles. The third-order valence-electron chi connectivity index (χ3n) is 2.18. The van der Waals surface area contributed by atoms with Crippen LogP contribution in [0.2, 0.25) is 0 Å². The minimum atomic E-state index is -0.276. The topological polar surface area (TPSA) is 29.5 Å². The van der Waals surface area contributed by atoms with Gasteiger partial charge in [0, 0.05) is 15.5 Å². The quantitative estimate of drug-likeness (QED) is 0.777. The molecule has 1 unspecified atom stereocenters. The summed E-state index contributed by atoms with van der Waals surface area (Å²) < 4.78 is 6.13. The molecule has 0 spiro atoms. The molecule has 1 aromatic carbocycles. The normalized spacial score (nSPS) is 20.5. The van der Waals surface area contributed by atoms with Crippen molar-refractivity contribution in [3.63, 3.8) is 0 Å². The fraction of sp³-hybridized carbons (Fsp3) is 0.300. The number of carbonyl (C=O) groups excluding carboxylic acids is 1. The highest BCUT2D eigenvalue weighted by Gasteiger charge is 2.31. The average Bonchev–Trinajstić information content (AvgIpc) is 2.61. The van der Waals surface area contributed by atoms with Gasteiger partial charge in [-0.2, -0.15) is 0 Å². The van der Waals surface area contributed by atoms with Crippen molar-refractivity contribution in [1.29, 1.82) is 0 Å². The second-order valence-corrected chi connectivity index (χ2v) is 4.81. The lowest BCUT2D eigenvalue weighted by atomic mass is 10.3. The van der Waals surface area contributed by atoms with E-state index in [2.05, 4.69) is 31.9 Å². The van der Waals surface area contributed by atoms with Gasteiger partial charge in [0.15, 0.2) is 0 Å². The lowest BCUT2D eigenvalue weighted by Gasteiger charge is -2.12. The van der Waals surface area contributed by atoms with Gasteiger partial charge in [-0.25, -0.2) is 4.79 Å². The van der Waals surface area contributed by atoms with Crippen molar-refractivity contribution >= 4 is 43.6 Å². The molecule has 1 amide bonds. The van der Waals surface area contributed by atoms with Gasteiger partial charge in [-0.1, -0.05) is 31.9 Å². The molecule has 1 aromatic rings. The van der Waals surface area contributed by atoms with Crippen LogP contribution in [0.1, 0.15) is 0 Å². The van der Waals surface area contributed by atoms with Crippen molar-refractivity contribution in [1.82, 2.24) is 0 Å². The first-order chi connectivity index (χ1) is 7.20. The number of carbonyl (C=O) groups is 1. The Morgan fingerprint density at radius 2 is 2.07 bits per heavy atom. The number of nitrogens with zero attached hydrogens (tertiary/aromatic N) is 1. The predicted molar refractivity (Wildman–Crippen MR) is 65.6 cm³/mol. The monoisotopic (exact) mass is 333 g/mol. The Morgan fingerprint density at radius 1 is 1.40 bits per heavy atom. The average molecular weight is 335 g/mol. The minimum Gasteiger partial charge on any atom is -0.443 e. The van der Waals surface area contributed by atoms with E-state index in [1.807, 2.05) is 24.3 Å². The highest BCUT2D eigenvalue weighted by molar-refractivity contribution is 9.10. The van der Waals surface area contributed by atoms with Gasteiger partial charge in [0.2, 0.25) is 0 Å². The van der Waals surface area contributed by atoms with E-state index in [0.717, 1.165) is 10.2 Å². The number of amides is 1. The molecule has 0 bridgehead atoms. The van der Waals surface area contributed by atoms with E-state index >= 15 is 0 Å². The molecule has 1 heterocycles. The number of rotatable bonds is 2. The molecule has 1 aliphatic rings. The van der Waals surface area contributed by atoms with E-state index in [4.69, 9.17) is 4.74 Å². The molecule has 1 fully saturated rings. The molecule has 80 valence electrons. The largest absolute Gasteiger partial charge is 0.443 e. The van der Waals surface area contributed by atoms with Crippen LogP contribution in [-0.2, 0) is 4.74 Å². The molecule has 2 rings (SSSR count). The van der Waals surface area contributed by atoms with E-state index in [1.165, 1.54) is 0 Å². The van der Waals surface area contributed by atoms with Crippen LogP contribution in [-0.4, -0.2) is 24.1 Å². The van der Waals surface area contributed by atoms with Crippen molar-refractivity contribution in [2.75, 3.05) is 16.8 Å². The second kappa shape index (κ2) is 4.53. The van der Waals surface area contributed by atoms with Gasteiger partial charge >= 0.3 is 6.09 Å². The Hall–Kier alpha value is -0.550. The lowest BCUT2D eigenvalue weighted by Crippen LogP contribution is -2.24. The minimum absolute atomic E-state index is 0.0545. The summed E-state index contributed by atoms with van der Waals surface area (Å²) in [5.74, 6) is 0. The predicted octanol–water partition coefficient (Wildman–Crippen LogP) is 3.17. The Labute approximate surface area is 105 Å². The van der Waals surface area contributed by atoms with E-state index < -0.39 is 0 Å². The fourth-order valence-corrected chi connectivity index (χ4v) is 2.04. The SMILES string of the molecule is O=C1OC(CBr)CN1c1ccc(Br)cc1. The molecule has 15 heavy (non-hydrogen) atoms. The molecule has 1 atom stereocenters. The van der Waals surface area contributed by atoms with Crippen LogP contribution in [0, 0.1) is 0 Å². The maximum atomic E-state index is 11.5. The zero-order valence-corrected chi connectivity index (χ0v) is 11.0. The fourth-order valence-electron chi connectivity index (χ4n) is 1.43. The zero-order valence-electron chi connectivity index (χ0n) is 7.82. The number of benzene rings is 1. The number of anilines is 1. The lowest BCUT2D eigenvalue weighted by molar-refractivity contribution is 0.152. The summed E-state index contributed by atoms with van der Waals surface area (Å²) in [7, 11) is 0. The highest BCUT2D eigenvalue weighted by Crippen LogP contribution is 2.23. The summed E-state index contributed by atoms with van der Waals surface area (Å²) in [4.78, 5) is 13.1. The van der Waals surface area contributed by atoms with Crippen molar-refractivity contribution in [2.45, 2.75) is 6.10 Å². The smallest absolute Gasteiger partial charge is 0.414 e. The van der Waals surface area contributed by atoms with Gasteiger partial charge in [0.05, 0.1) is 6.54 Å². The van der Waals surface area contributed by atoms with E-state index in [9.17, 15) is 4.79 Å². The summed E-state index contributed by atoms with van der Waals surface area (Å²) in [5, 5.41) is 0.672. The molecule has 5 heteroatoms. The van der Waals surface area contributed by atoms with Gasteiger partial charge < -0.3 is 4.74 Å². The summed E-state index contributed by atoms with van der Waals surface area (Å²) in [5.41, 5.74) is 0.867. The summed E-state index contributed by atoms with van der Waals surface area (Å²) in [6, 6.07) is 7.60. The third-order valence-corrected chi connectivity index (χ3v) is 3.44. The first kappa shape index (κ1) is 11.0. The van der Waals surface area contributed by atoms with Crippen molar-refractivity contribution < 1.29 is 9.53 Å². The summed E-state index contributed by atoms with van der Waals surface area (Å²) in [6.45, 7) is 0.603. The Bertz CT molecular complexity index is 366. The molecule has 0 N–H and O–H groups in total. The number of halogens is 2. The van der Waals surface area contributed by atoms with Gasteiger partial charge in [0.1, 0.15) is 6.10 Å². The molecule has 0 aromatic heterocycles. The molecule has 1 aliphatic heterocycles. The number of hydrogen-bond acceptors (Lipinski definition) is 2. The van der Waals surface area contributed by atoms with Gasteiger partial charge in [-0.05, 0) is 24.3 Å². The maximum Gasteiger partial charge on any atom is 0.414 e. The number of cyclic esters (lactones) is 1. The van der Waals surface area contributed by atoms with E-state index in [-0.39, 0.29) is 12.2 Å². The van der Waals surface area contributed by atoms with Gasteiger partial charge in [-0.15, -0.1) is 0 Å². The maximum absolute atomic E-state index is 11.5. The third kappa shape index (κ3) is 2.34. The Balaban J connectivity index is 2.18. The number of hydrogen-bond donors (Lipinski definition) is 0. The molecular formula is C10H9Br2NO2. The zero-order chi connectivity index (χ0) is 10.8. The summed E-state index contributed by atoms with van der Waals surface area (Å²) in [6.07, 6.45) is -0.331. The summed E-state index contributed by atoms with van der Waals surface area (Å²) >= 11 is 6.66. The van der Waals surface area contributed by atoms with Crippen LogP contribution in [0.25, 0.3) is 0 Å². The van der Waals surface area contributed by atoms with Crippen molar-refractivity contribution in [3.8, 4) is 0 Å². The standard InChI is InChI=1S/C10H9Br2NO2/c11-5-9-6-13(10(14)15-9)8-3-1-7(12)2-4-8/h1-4,9H,5-6H2. The van der Waals surface area contributed by atoms with Crippen LogP contribution in [0.3, 0.4) is 0 Å². The van der Waals surface area contributed by atoms with Crippen LogP contribution in [0.4, 0.5) is 10.5 Å².